The maximum absolute atomic E-state index is 11.8. The van der Waals surface area contributed by atoms with Crippen molar-refractivity contribution in [2.45, 2.75) is 30.6 Å². The van der Waals surface area contributed by atoms with Crippen LogP contribution in [-0.2, 0) is 16.0 Å². The number of thioether (sulfide) groups is 1. The number of carbonyl (C=O) groups excluding carboxylic acids is 1. The van der Waals surface area contributed by atoms with Crippen LogP contribution >= 0.6 is 23.1 Å². The lowest BCUT2D eigenvalue weighted by molar-refractivity contribution is -0.119. The number of carbonyl (C=O) groups is 1. The first kappa shape index (κ1) is 18.7. The summed E-state index contributed by atoms with van der Waals surface area (Å²) in [5.41, 5.74) is 2.27. The molecule has 2 rings (SSSR count). The first-order chi connectivity index (χ1) is 11.6. The zero-order chi connectivity index (χ0) is 17.4. The lowest BCUT2D eigenvalue weighted by atomic mass is 10.1. The van der Waals surface area contributed by atoms with Gasteiger partial charge in [0.2, 0.25) is 11.0 Å². The molecule has 0 spiro atoms. The third-order valence-electron chi connectivity index (χ3n) is 3.17. The molecule has 1 atom stereocenters. The Hall–Kier alpha value is -1.64. The number of methoxy groups -OCH3 is 1. The Morgan fingerprint density at radius 2 is 2.08 bits per heavy atom. The maximum Gasteiger partial charge on any atom is 0.230 e. The minimum absolute atomic E-state index is 0.000778. The molecule has 1 aromatic heterocycles. The molecule has 0 radical (unpaired) electrons. The highest BCUT2D eigenvalue weighted by Gasteiger charge is 2.10. The van der Waals surface area contributed by atoms with Gasteiger partial charge in [-0.3, -0.25) is 4.79 Å². The monoisotopic (exact) mass is 366 g/mol. The molecule has 130 valence electrons. The molecular weight excluding hydrogens is 344 g/mol. The average molecular weight is 367 g/mol. The van der Waals surface area contributed by atoms with Crippen molar-refractivity contribution in [3.8, 4) is 0 Å². The fourth-order valence-corrected chi connectivity index (χ4v) is 3.58. The van der Waals surface area contributed by atoms with Gasteiger partial charge in [0, 0.05) is 18.8 Å². The van der Waals surface area contributed by atoms with Gasteiger partial charge in [0.1, 0.15) is 0 Å². The van der Waals surface area contributed by atoms with E-state index in [1.165, 1.54) is 28.7 Å². The van der Waals surface area contributed by atoms with E-state index in [0.29, 0.717) is 12.4 Å². The molecule has 0 bridgehead atoms. The lowest BCUT2D eigenvalue weighted by Crippen LogP contribution is -2.36. The molecule has 1 amide bonds. The van der Waals surface area contributed by atoms with Crippen LogP contribution in [0.2, 0.25) is 0 Å². The Morgan fingerprint density at radius 1 is 1.33 bits per heavy atom. The van der Waals surface area contributed by atoms with Crippen molar-refractivity contribution in [2.75, 3.05) is 24.8 Å². The van der Waals surface area contributed by atoms with E-state index in [4.69, 9.17) is 4.74 Å². The minimum atomic E-state index is -0.0376. The van der Waals surface area contributed by atoms with Crippen molar-refractivity contribution in [3.63, 3.8) is 0 Å². The highest BCUT2D eigenvalue weighted by atomic mass is 32.2. The van der Waals surface area contributed by atoms with Gasteiger partial charge in [0.25, 0.3) is 0 Å². The molecule has 0 aliphatic carbocycles. The number of nitrogens with one attached hydrogen (secondary N) is 2. The highest BCUT2D eigenvalue weighted by molar-refractivity contribution is 8.01. The fraction of sp³-hybridized carbons (Fsp3) is 0.438. The second-order valence-electron chi connectivity index (χ2n) is 5.26. The molecular formula is C16H22N4O2S2. The van der Waals surface area contributed by atoms with Gasteiger partial charge in [-0.25, -0.2) is 0 Å². The number of hydrogen-bond acceptors (Lipinski definition) is 7. The van der Waals surface area contributed by atoms with Crippen molar-refractivity contribution >= 4 is 39.8 Å². The summed E-state index contributed by atoms with van der Waals surface area (Å²) < 4.78 is 5.75. The van der Waals surface area contributed by atoms with Crippen LogP contribution in [0.3, 0.4) is 0 Å². The molecule has 0 saturated carbocycles. The van der Waals surface area contributed by atoms with Crippen LogP contribution in [0.4, 0.5) is 10.8 Å². The van der Waals surface area contributed by atoms with E-state index in [9.17, 15) is 4.79 Å². The lowest BCUT2D eigenvalue weighted by Gasteiger charge is -2.11. The van der Waals surface area contributed by atoms with Gasteiger partial charge in [-0.1, -0.05) is 42.2 Å². The molecule has 2 aromatic rings. The predicted molar refractivity (Wildman–Crippen MR) is 99.2 cm³/mol. The van der Waals surface area contributed by atoms with Crippen LogP contribution in [0, 0.1) is 0 Å². The second-order valence-corrected chi connectivity index (χ2v) is 7.46. The quantitative estimate of drug-likeness (QED) is 0.664. The Kier molecular flexibility index (Phi) is 7.48. The summed E-state index contributed by atoms with van der Waals surface area (Å²) in [4.78, 5) is 11.8. The van der Waals surface area contributed by atoms with Gasteiger partial charge < -0.3 is 15.4 Å². The van der Waals surface area contributed by atoms with E-state index in [1.807, 2.05) is 19.1 Å². The van der Waals surface area contributed by atoms with Gasteiger partial charge >= 0.3 is 0 Å². The van der Waals surface area contributed by atoms with Crippen molar-refractivity contribution < 1.29 is 9.53 Å². The number of rotatable bonds is 9. The zero-order valence-corrected chi connectivity index (χ0v) is 15.7. The smallest absolute Gasteiger partial charge is 0.230 e. The maximum atomic E-state index is 11.8. The number of benzene rings is 1. The molecule has 6 nitrogen and oxygen atoms in total. The second kappa shape index (κ2) is 9.61. The first-order valence-electron chi connectivity index (χ1n) is 7.71. The number of amides is 1. The largest absolute Gasteiger partial charge is 0.383 e. The van der Waals surface area contributed by atoms with Crippen molar-refractivity contribution in [1.29, 1.82) is 0 Å². The molecule has 0 fully saturated rings. The Morgan fingerprint density at radius 3 is 2.75 bits per heavy atom. The van der Waals surface area contributed by atoms with Crippen LogP contribution < -0.4 is 10.6 Å². The van der Waals surface area contributed by atoms with Crippen molar-refractivity contribution in [1.82, 2.24) is 15.5 Å². The molecule has 0 aliphatic heterocycles. The van der Waals surface area contributed by atoms with Crippen LogP contribution in [0.25, 0.3) is 0 Å². The van der Waals surface area contributed by atoms with E-state index < -0.39 is 0 Å². The summed E-state index contributed by atoms with van der Waals surface area (Å²) in [6.45, 7) is 4.53. The van der Waals surface area contributed by atoms with Crippen molar-refractivity contribution in [3.05, 3.63) is 29.8 Å². The van der Waals surface area contributed by atoms with Gasteiger partial charge in [-0.05, 0) is 31.0 Å². The van der Waals surface area contributed by atoms with Crippen LogP contribution in [-0.4, -0.2) is 41.6 Å². The summed E-state index contributed by atoms with van der Waals surface area (Å²) in [5.74, 6) is 0.276. The number of anilines is 2. The summed E-state index contributed by atoms with van der Waals surface area (Å²) in [6, 6.07) is 8.23. The molecule has 0 unspecified atom stereocenters. The molecule has 0 saturated heterocycles. The Balaban J connectivity index is 1.81. The Bertz CT molecular complexity index is 646. The minimum Gasteiger partial charge on any atom is -0.383 e. The van der Waals surface area contributed by atoms with E-state index in [0.717, 1.165) is 21.6 Å². The van der Waals surface area contributed by atoms with Gasteiger partial charge in [-0.2, -0.15) is 0 Å². The normalized spacial score (nSPS) is 12.0. The summed E-state index contributed by atoms with van der Waals surface area (Å²) in [5, 5.41) is 15.0. The number of aromatic nitrogens is 2. The van der Waals surface area contributed by atoms with Crippen LogP contribution in [0.5, 0.6) is 0 Å². The van der Waals surface area contributed by atoms with Gasteiger partial charge in [0.05, 0.1) is 12.4 Å². The number of ether oxygens (including phenoxy) is 1. The van der Waals surface area contributed by atoms with E-state index in [-0.39, 0.29) is 11.9 Å². The zero-order valence-electron chi connectivity index (χ0n) is 14.0. The summed E-state index contributed by atoms with van der Waals surface area (Å²) >= 11 is 2.81. The molecule has 0 aliphatic rings. The summed E-state index contributed by atoms with van der Waals surface area (Å²) in [6.07, 6.45) is 1.02. The van der Waals surface area contributed by atoms with Crippen molar-refractivity contribution in [2.24, 2.45) is 0 Å². The molecule has 1 aromatic carbocycles. The average Bonchev–Trinajstić information content (AvgIpc) is 3.01. The van der Waals surface area contributed by atoms with E-state index in [2.05, 4.69) is 39.9 Å². The van der Waals surface area contributed by atoms with Crippen LogP contribution in [0.15, 0.2) is 28.6 Å². The molecule has 24 heavy (non-hydrogen) atoms. The highest BCUT2D eigenvalue weighted by Crippen LogP contribution is 2.27. The fourth-order valence-electron chi connectivity index (χ4n) is 2.00. The predicted octanol–water partition coefficient (Wildman–Crippen LogP) is 3.09. The third-order valence-corrected chi connectivity index (χ3v) is 5.14. The molecule has 1 heterocycles. The summed E-state index contributed by atoms with van der Waals surface area (Å²) in [7, 11) is 1.61. The van der Waals surface area contributed by atoms with Gasteiger partial charge in [-0.15, -0.1) is 10.2 Å². The third kappa shape index (κ3) is 6.10. The molecule has 8 heteroatoms. The number of aryl methyl sites for hydroxylation is 1. The standard InChI is InChI=1S/C16H22N4O2S2/c1-4-12-5-7-13(8-6-12)18-15-19-20-16(24-15)23-10-14(21)17-11(2)9-22-3/h5-8,11H,4,9-10H2,1-3H3,(H,17,21)(H,18,19)/t11-/m1/s1. The topological polar surface area (TPSA) is 76.1 Å². The van der Waals surface area contributed by atoms with Crippen LogP contribution in [0.1, 0.15) is 19.4 Å². The van der Waals surface area contributed by atoms with E-state index in [1.54, 1.807) is 7.11 Å². The number of hydrogen-bond donors (Lipinski definition) is 2. The number of nitrogens with zero attached hydrogens (tertiary/aromatic N) is 2. The van der Waals surface area contributed by atoms with E-state index >= 15 is 0 Å². The molecule has 2 N–H and O–H groups in total. The van der Waals surface area contributed by atoms with Gasteiger partial charge in [0.15, 0.2) is 4.34 Å². The SMILES string of the molecule is CCc1ccc(Nc2nnc(SCC(=O)N[C@H](C)COC)s2)cc1. The Labute approximate surface area is 150 Å². The first-order valence-corrected chi connectivity index (χ1v) is 9.51.